The SMILES string of the molecule is C=C[N+]1(SC#N)C=CN(C)C1. The van der Waals surface area contributed by atoms with Gasteiger partial charge in [-0.2, -0.15) is 9.15 Å². The Hall–Kier alpha value is -0.920. The highest BCUT2D eigenvalue weighted by Gasteiger charge is 2.30. The number of hydrogen-bond donors (Lipinski definition) is 0. The van der Waals surface area contributed by atoms with E-state index in [4.69, 9.17) is 5.26 Å². The zero-order valence-electron chi connectivity index (χ0n) is 6.40. The molecule has 0 spiro atoms. The van der Waals surface area contributed by atoms with Gasteiger partial charge in [0.25, 0.3) is 0 Å². The Labute approximate surface area is 70.9 Å². The summed E-state index contributed by atoms with van der Waals surface area (Å²) in [6.45, 7) is 4.47. The van der Waals surface area contributed by atoms with E-state index in [2.05, 4.69) is 12.0 Å². The number of rotatable bonds is 2. The second-order valence-corrected chi connectivity index (χ2v) is 3.46. The van der Waals surface area contributed by atoms with E-state index in [0.717, 1.165) is 6.67 Å². The predicted octanol–water partition coefficient (Wildman–Crippen LogP) is 1.45. The molecule has 3 nitrogen and oxygen atoms in total. The van der Waals surface area contributed by atoms with Crippen molar-refractivity contribution in [1.29, 1.82) is 5.26 Å². The smallest absolute Gasteiger partial charge is 0.207 e. The van der Waals surface area contributed by atoms with E-state index in [0.29, 0.717) is 3.89 Å². The molecule has 0 bridgehead atoms. The van der Waals surface area contributed by atoms with E-state index >= 15 is 0 Å². The predicted molar refractivity (Wildman–Crippen MR) is 45.4 cm³/mol. The maximum atomic E-state index is 8.51. The number of thiocyanates is 1. The van der Waals surface area contributed by atoms with Crippen LogP contribution in [-0.2, 0) is 0 Å². The number of nitrogens with zero attached hydrogens (tertiary/aromatic N) is 3. The molecule has 0 fully saturated rings. The fraction of sp³-hybridized carbons (Fsp3) is 0.286. The second kappa shape index (κ2) is 2.99. The van der Waals surface area contributed by atoms with Crippen LogP contribution in [-0.4, -0.2) is 22.5 Å². The molecule has 0 aromatic rings. The van der Waals surface area contributed by atoms with E-state index in [-0.39, 0.29) is 0 Å². The summed E-state index contributed by atoms with van der Waals surface area (Å²) in [5.41, 5.74) is 0. The van der Waals surface area contributed by atoms with Gasteiger partial charge in [0, 0.05) is 7.05 Å². The first kappa shape index (κ1) is 8.18. The van der Waals surface area contributed by atoms with Crippen molar-refractivity contribution >= 4 is 11.9 Å². The average molecular weight is 168 g/mol. The van der Waals surface area contributed by atoms with Crippen LogP contribution < -0.4 is 0 Å². The topological polar surface area (TPSA) is 27.0 Å². The fourth-order valence-electron chi connectivity index (χ4n) is 0.961. The van der Waals surface area contributed by atoms with Gasteiger partial charge in [0.1, 0.15) is 12.4 Å². The molecular weight excluding hydrogens is 158 g/mol. The van der Waals surface area contributed by atoms with Gasteiger partial charge in [0.05, 0.1) is 6.20 Å². The quantitative estimate of drug-likeness (QED) is 0.355. The summed E-state index contributed by atoms with van der Waals surface area (Å²) in [6, 6.07) is 0. The maximum Gasteiger partial charge on any atom is 0.207 e. The third-order valence-electron chi connectivity index (χ3n) is 1.54. The minimum atomic E-state index is 0.465. The van der Waals surface area contributed by atoms with Crippen LogP contribution in [0.5, 0.6) is 0 Å². The highest BCUT2D eigenvalue weighted by atomic mass is 32.2. The Bertz CT molecular complexity index is 230. The third-order valence-corrected chi connectivity index (χ3v) is 2.35. The summed E-state index contributed by atoms with van der Waals surface area (Å²) in [4.78, 5) is 2.02. The first-order valence-electron chi connectivity index (χ1n) is 3.21. The zero-order valence-corrected chi connectivity index (χ0v) is 7.21. The Balaban J connectivity index is 2.73. The maximum absolute atomic E-state index is 8.51. The molecule has 1 rings (SSSR count). The molecule has 0 aromatic carbocycles. The van der Waals surface area contributed by atoms with E-state index < -0.39 is 0 Å². The first-order chi connectivity index (χ1) is 5.22. The van der Waals surface area contributed by atoms with Crippen LogP contribution in [0.4, 0.5) is 0 Å². The average Bonchev–Trinajstić information content (AvgIpc) is 2.34. The normalized spacial score (nSPS) is 28.5. The summed E-state index contributed by atoms with van der Waals surface area (Å²) in [7, 11) is 1.97. The van der Waals surface area contributed by atoms with Crippen LogP contribution in [0.1, 0.15) is 0 Å². The van der Waals surface area contributed by atoms with E-state index in [9.17, 15) is 0 Å². The molecule has 11 heavy (non-hydrogen) atoms. The van der Waals surface area contributed by atoms with Crippen molar-refractivity contribution in [2.24, 2.45) is 0 Å². The van der Waals surface area contributed by atoms with Crippen molar-refractivity contribution in [3.8, 4) is 5.40 Å². The molecule has 0 aromatic heterocycles. The summed E-state index contributed by atoms with van der Waals surface area (Å²) >= 11 is 1.19. The largest absolute Gasteiger partial charge is 0.328 e. The number of nitriles is 1. The third kappa shape index (κ3) is 1.56. The van der Waals surface area contributed by atoms with Crippen LogP contribution in [0, 0.1) is 10.7 Å². The van der Waals surface area contributed by atoms with E-state index in [1.165, 1.54) is 11.9 Å². The molecule has 0 saturated heterocycles. The van der Waals surface area contributed by atoms with Gasteiger partial charge in [-0.15, -0.1) is 0 Å². The summed E-state index contributed by atoms with van der Waals surface area (Å²) in [6.07, 6.45) is 5.65. The Morgan fingerprint density at radius 1 is 1.91 bits per heavy atom. The van der Waals surface area contributed by atoms with Crippen molar-refractivity contribution in [3.05, 3.63) is 25.2 Å². The molecule has 0 radical (unpaired) electrons. The molecule has 0 N–H and O–H groups in total. The van der Waals surface area contributed by atoms with Gasteiger partial charge in [-0.25, -0.2) is 0 Å². The van der Waals surface area contributed by atoms with Crippen LogP contribution in [0.2, 0.25) is 0 Å². The molecule has 0 saturated carbocycles. The molecule has 1 atom stereocenters. The molecule has 0 amide bonds. The van der Waals surface area contributed by atoms with Gasteiger partial charge in [-0.3, -0.25) is 0 Å². The zero-order chi connectivity index (χ0) is 8.32. The summed E-state index contributed by atoms with van der Waals surface area (Å²) in [5.74, 6) is 0. The Morgan fingerprint density at radius 2 is 2.64 bits per heavy atom. The molecule has 1 heterocycles. The van der Waals surface area contributed by atoms with Gasteiger partial charge < -0.3 is 4.90 Å². The van der Waals surface area contributed by atoms with Gasteiger partial charge in [-0.05, 0) is 6.58 Å². The van der Waals surface area contributed by atoms with Crippen molar-refractivity contribution in [1.82, 2.24) is 4.90 Å². The minimum Gasteiger partial charge on any atom is -0.328 e. The summed E-state index contributed by atoms with van der Waals surface area (Å²) < 4.78 is 0.465. The monoisotopic (exact) mass is 168 g/mol. The highest BCUT2D eigenvalue weighted by molar-refractivity contribution is 7.98. The standard InChI is InChI=1S/C7H10N3S/c1-3-10(11-6-8)5-4-9(2)7-10/h3-5H,1,7H2,2H3/q+1. The Morgan fingerprint density at radius 3 is 3.00 bits per heavy atom. The number of hydrogen-bond acceptors (Lipinski definition) is 3. The van der Waals surface area contributed by atoms with Crippen molar-refractivity contribution in [3.63, 3.8) is 0 Å². The van der Waals surface area contributed by atoms with Gasteiger partial charge >= 0.3 is 0 Å². The van der Waals surface area contributed by atoms with Crippen molar-refractivity contribution in [2.45, 2.75) is 0 Å². The van der Waals surface area contributed by atoms with Crippen molar-refractivity contribution in [2.75, 3.05) is 13.7 Å². The van der Waals surface area contributed by atoms with Gasteiger partial charge in [0.2, 0.25) is 11.9 Å². The summed E-state index contributed by atoms with van der Waals surface area (Å²) in [5, 5.41) is 10.6. The fourth-order valence-corrected chi connectivity index (χ4v) is 1.54. The lowest BCUT2D eigenvalue weighted by molar-refractivity contribution is -0.682. The molecule has 4 heteroatoms. The lowest BCUT2D eigenvalue weighted by atomic mass is 10.8. The van der Waals surface area contributed by atoms with Crippen LogP contribution in [0.25, 0.3) is 0 Å². The van der Waals surface area contributed by atoms with Gasteiger partial charge in [0.15, 0.2) is 12.1 Å². The lowest BCUT2D eigenvalue weighted by Crippen LogP contribution is -2.31. The first-order valence-corrected chi connectivity index (χ1v) is 3.98. The molecule has 1 aliphatic rings. The molecule has 1 unspecified atom stereocenters. The molecule has 0 aliphatic carbocycles. The molecular formula is C7H10N3S+. The molecule has 1 aliphatic heterocycles. The van der Waals surface area contributed by atoms with E-state index in [1.54, 1.807) is 6.20 Å². The second-order valence-electron chi connectivity index (χ2n) is 2.42. The van der Waals surface area contributed by atoms with Crippen LogP contribution in [0.3, 0.4) is 0 Å². The van der Waals surface area contributed by atoms with Crippen LogP contribution in [0.15, 0.2) is 25.2 Å². The van der Waals surface area contributed by atoms with E-state index in [1.807, 2.05) is 24.3 Å². The lowest BCUT2D eigenvalue weighted by Gasteiger charge is -2.20. The Kier molecular flexibility index (Phi) is 2.22. The number of quaternary nitrogens is 1. The van der Waals surface area contributed by atoms with Gasteiger partial charge in [-0.1, -0.05) is 0 Å². The highest BCUT2D eigenvalue weighted by Crippen LogP contribution is 2.28. The minimum absolute atomic E-state index is 0.465. The molecule has 58 valence electrons. The van der Waals surface area contributed by atoms with Crippen LogP contribution >= 0.6 is 11.9 Å². The van der Waals surface area contributed by atoms with Crippen molar-refractivity contribution < 1.29 is 3.89 Å².